The minimum absolute atomic E-state index is 0.0190. The van der Waals surface area contributed by atoms with Crippen molar-refractivity contribution in [2.75, 3.05) is 0 Å². The molecule has 0 fully saturated rings. The molecule has 0 amide bonds. The third-order valence-corrected chi connectivity index (χ3v) is 3.84. The maximum absolute atomic E-state index is 13.5. The van der Waals surface area contributed by atoms with Gasteiger partial charge < -0.3 is 5.11 Å². The minimum Gasteiger partial charge on any atom is -0.383 e. The quantitative estimate of drug-likeness (QED) is 0.886. The maximum atomic E-state index is 13.5. The lowest BCUT2D eigenvalue weighted by Crippen LogP contribution is -2.01. The van der Waals surface area contributed by atoms with Gasteiger partial charge in [-0.3, -0.25) is 0 Å². The second kappa shape index (κ2) is 4.94. The van der Waals surface area contributed by atoms with Crippen molar-refractivity contribution < 1.29 is 13.9 Å². The molecule has 1 N–H and O–H groups in total. The topological polar surface area (TPSA) is 20.2 Å². The fourth-order valence-electron chi connectivity index (χ4n) is 1.61. The molecule has 2 aromatic rings. The summed E-state index contributed by atoms with van der Waals surface area (Å²) in [5.74, 6) is -1.14. The summed E-state index contributed by atoms with van der Waals surface area (Å²) in [4.78, 5) is 1.74. The summed E-state index contributed by atoms with van der Waals surface area (Å²) in [6.45, 7) is 2.00. The van der Waals surface area contributed by atoms with Crippen molar-refractivity contribution in [3.63, 3.8) is 0 Å². The standard InChI is InChI=1S/C13H12F2OS/c1-2-9-4-6-12(17-9)13(16)10-7-8(14)3-5-11(10)15/h3-7,13,16H,2H2,1H3. The van der Waals surface area contributed by atoms with E-state index in [-0.39, 0.29) is 5.56 Å². The lowest BCUT2D eigenvalue weighted by Gasteiger charge is -2.10. The first-order valence-electron chi connectivity index (χ1n) is 5.33. The summed E-state index contributed by atoms with van der Waals surface area (Å²) >= 11 is 1.41. The van der Waals surface area contributed by atoms with E-state index in [1.807, 2.05) is 13.0 Å². The van der Waals surface area contributed by atoms with Crippen LogP contribution in [0.4, 0.5) is 8.78 Å². The molecule has 1 unspecified atom stereocenters. The average molecular weight is 254 g/mol. The highest BCUT2D eigenvalue weighted by molar-refractivity contribution is 7.12. The van der Waals surface area contributed by atoms with E-state index in [4.69, 9.17) is 0 Å². The van der Waals surface area contributed by atoms with Crippen molar-refractivity contribution >= 4 is 11.3 Å². The molecule has 1 nitrogen and oxygen atoms in total. The number of thiophene rings is 1. The van der Waals surface area contributed by atoms with Crippen molar-refractivity contribution in [1.82, 2.24) is 0 Å². The van der Waals surface area contributed by atoms with Crippen LogP contribution in [0.1, 0.15) is 28.3 Å². The summed E-state index contributed by atoms with van der Waals surface area (Å²) < 4.78 is 26.5. The number of hydrogen-bond acceptors (Lipinski definition) is 2. The third kappa shape index (κ3) is 2.53. The molecule has 0 spiro atoms. The van der Waals surface area contributed by atoms with Gasteiger partial charge >= 0.3 is 0 Å². The summed E-state index contributed by atoms with van der Waals surface area (Å²) in [5, 5.41) is 10.0. The second-order valence-electron chi connectivity index (χ2n) is 3.73. The van der Waals surface area contributed by atoms with Crippen LogP contribution in [0.5, 0.6) is 0 Å². The van der Waals surface area contributed by atoms with Crippen molar-refractivity contribution in [2.24, 2.45) is 0 Å². The predicted octanol–water partition coefficient (Wildman–Crippen LogP) is 3.67. The van der Waals surface area contributed by atoms with Crippen molar-refractivity contribution in [2.45, 2.75) is 19.4 Å². The Morgan fingerprint density at radius 2 is 2.00 bits per heavy atom. The van der Waals surface area contributed by atoms with Crippen LogP contribution in [-0.4, -0.2) is 5.11 Å². The van der Waals surface area contributed by atoms with Gasteiger partial charge in [-0.1, -0.05) is 6.92 Å². The average Bonchev–Trinajstić information content (AvgIpc) is 2.80. The summed E-state index contributed by atoms with van der Waals surface area (Å²) in [6, 6.07) is 6.74. The largest absolute Gasteiger partial charge is 0.383 e. The van der Waals surface area contributed by atoms with Crippen LogP contribution in [0.15, 0.2) is 30.3 Å². The van der Waals surface area contributed by atoms with Gasteiger partial charge in [-0.15, -0.1) is 11.3 Å². The van der Waals surface area contributed by atoms with Gasteiger partial charge in [0.25, 0.3) is 0 Å². The number of aliphatic hydroxyl groups excluding tert-OH is 1. The molecule has 4 heteroatoms. The Morgan fingerprint density at radius 1 is 1.24 bits per heavy atom. The molecule has 17 heavy (non-hydrogen) atoms. The van der Waals surface area contributed by atoms with Gasteiger partial charge in [0.05, 0.1) is 0 Å². The fourth-order valence-corrected chi connectivity index (χ4v) is 2.57. The first kappa shape index (κ1) is 12.2. The van der Waals surface area contributed by atoms with Crippen LogP contribution in [0.25, 0.3) is 0 Å². The highest BCUT2D eigenvalue weighted by atomic mass is 32.1. The molecule has 0 radical (unpaired) electrons. The zero-order valence-corrected chi connectivity index (χ0v) is 10.1. The first-order valence-corrected chi connectivity index (χ1v) is 6.15. The molecular formula is C13H12F2OS. The molecule has 0 aliphatic rings. The molecule has 90 valence electrons. The normalized spacial score (nSPS) is 12.7. The van der Waals surface area contributed by atoms with Crippen LogP contribution in [0, 0.1) is 11.6 Å². The van der Waals surface area contributed by atoms with Gasteiger partial charge in [0.1, 0.15) is 17.7 Å². The Labute approximate surface area is 102 Å². The number of rotatable bonds is 3. The van der Waals surface area contributed by atoms with Gasteiger partial charge in [0, 0.05) is 15.3 Å². The molecule has 0 bridgehead atoms. The van der Waals surface area contributed by atoms with Crippen LogP contribution in [-0.2, 0) is 6.42 Å². The van der Waals surface area contributed by atoms with Gasteiger partial charge in [-0.05, 0) is 36.8 Å². The van der Waals surface area contributed by atoms with E-state index >= 15 is 0 Å². The zero-order chi connectivity index (χ0) is 12.4. The Bertz CT molecular complexity index is 522. The Kier molecular flexibility index (Phi) is 3.54. The molecule has 0 aliphatic carbocycles. The molecule has 0 saturated carbocycles. The lowest BCUT2D eigenvalue weighted by atomic mass is 10.1. The molecule has 0 saturated heterocycles. The van der Waals surface area contributed by atoms with Crippen molar-refractivity contribution in [3.8, 4) is 0 Å². The second-order valence-corrected chi connectivity index (χ2v) is 4.93. The third-order valence-electron chi connectivity index (χ3n) is 2.55. The number of aliphatic hydroxyl groups is 1. The molecule has 1 aromatic heterocycles. The van der Waals surface area contributed by atoms with E-state index in [0.29, 0.717) is 4.88 Å². The SMILES string of the molecule is CCc1ccc(C(O)c2cc(F)ccc2F)s1. The van der Waals surface area contributed by atoms with Gasteiger partial charge in [-0.25, -0.2) is 8.78 Å². The molecular weight excluding hydrogens is 242 g/mol. The lowest BCUT2D eigenvalue weighted by molar-refractivity contribution is 0.218. The van der Waals surface area contributed by atoms with Crippen molar-refractivity contribution in [1.29, 1.82) is 0 Å². The maximum Gasteiger partial charge on any atom is 0.129 e. The van der Waals surface area contributed by atoms with E-state index in [9.17, 15) is 13.9 Å². The summed E-state index contributed by atoms with van der Waals surface area (Å²) in [7, 11) is 0. The van der Waals surface area contributed by atoms with Crippen molar-refractivity contribution in [3.05, 3.63) is 57.3 Å². The molecule has 0 aliphatic heterocycles. The number of benzene rings is 1. The Balaban J connectivity index is 2.35. The van der Waals surface area contributed by atoms with E-state index in [1.165, 1.54) is 11.3 Å². The van der Waals surface area contributed by atoms with Gasteiger partial charge in [-0.2, -0.15) is 0 Å². The van der Waals surface area contributed by atoms with Crippen LogP contribution < -0.4 is 0 Å². The highest BCUT2D eigenvalue weighted by Crippen LogP contribution is 2.30. The Hall–Kier alpha value is -1.26. The summed E-state index contributed by atoms with van der Waals surface area (Å²) in [5.41, 5.74) is -0.0190. The minimum atomic E-state index is -1.10. The number of halogens is 2. The van der Waals surface area contributed by atoms with E-state index in [1.54, 1.807) is 6.07 Å². The molecule has 1 atom stereocenters. The number of hydrogen-bond donors (Lipinski definition) is 1. The molecule has 1 heterocycles. The summed E-state index contributed by atoms with van der Waals surface area (Å²) in [6.07, 6.45) is -0.237. The molecule has 2 rings (SSSR count). The Morgan fingerprint density at radius 3 is 2.65 bits per heavy atom. The van der Waals surface area contributed by atoms with Gasteiger partial charge in [0.2, 0.25) is 0 Å². The highest BCUT2D eigenvalue weighted by Gasteiger charge is 2.17. The van der Waals surface area contributed by atoms with E-state index < -0.39 is 17.7 Å². The van der Waals surface area contributed by atoms with Crippen LogP contribution in [0.3, 0.4) is 0 Å². The van der Waals surface area contributed by atoms with E-state index in [2.05, 4.69) is 0 Å². The zero-order valence-electron chi connectivity index (χ0n) is 9.28. The van der Waals surface area contributed by atoms with E-state index in [0.717, 1.165) is 29.5 Å². The van der Waals surface area contributed by atoms with Crippen LogP contribution in [0.2, 0.25) is 0 Å². The first-order chi connectivity index (χ1) is 8.11. The van der Waals surface area contributed by atoms with Crippen LogP contribution >= 0.6 is 11.3 Å². The smallest absolute Gasteiger partial charge is 0.129 e. The number of aryl methyl sites for hydroxylation is 1. The predicted molar refractivity (Wildman–Crippen MR) is 64.1 cm³/mol. The molecule has 1 aromatic carbocycles. The fraction of sp³-hybridized carbons (Fsp3) is 0.231. The monoisotopic (exact) mass is 254 g/mol. The van der Waals surface area contributed by atoms with Gasteiger partial charge in [0.15, 0.2) is 0 Å².